The van der Waals surface area contributed by atoms with Gasteiger partial charge in [0.05, 0.1) is 33.2 Å². The van der Waals surface area contributed by atoms with Crippen LogP contribution in [0.25, 0.3) is 0 Å². The predicted octanol–water partition coefficient (Wildman–Crippen LogP) is 7.15. The number of ether oxygens (including phenoxy) is 1. The molecule has 0 radical (unpaired) electrons. The highest BCUT2D eigenvalue weighted by Gasteiger charge is 2.35. The first-order valence-corrected chi connectivity index (χ1v) is 46.3. The van der Waals surface area contributed by atoms with Gasteiger partial charge < -0.3 is 125 Å². The third-order valence-corrected chi connectivity index (χ3v) is 23.2. The van der Waals surface area contributed by atoms with Gasteiger partial charge in [-0.1, -0.05) is 88.1 Å². The molecule has 0 aromatic heterocycles. The van der Waals surface area contributed by atoms with E-state index in [1.165, 1.54) is 85.8 Å². The molecule has 5 fully saturated rings. The summed E-state index contributed by atoms with van der Waals surface area (Å²) in [5, 5.41) is 89.7. The molecular weight excluding hydrogens is 1900 g/mol. The van der Waals surface area contributed by atoms with Crippen LogP contribution in [0.2, 0.25) is 0 Å². The number of aliphatic hydroxyl groups excluding tert-OH is 3. The first kappa shape index (κ1) is 135. The van der Waals surface area contributed by atoms with Crippen molar-refractivity contribution < 1.29 is 112 Å². The molecular formula is C99H159N21O26. The molecule has 0 aliphatic carbocycles. The maximum absolute atomic E-state index is 13.0. The number of esters is 1. The van der Waals surface area contributed by atoms with Crippen molar-refractivity contribution in [2.75, 3.05) is 177 Å². The summed E-state index contributed by atoms with van der Waals surface area (Å²) >= 11 is 0. The second kappa shape index (κ2) is 68.0. The smallest absolute Gasteiger partial charge is 0.377 e. The van der Waals surface area contributed by atoms with Gasteiger partial charge in [0.15, 0.2) is 24.1 Å². The summed E-state index contributed by atoms with van der Waals surface area (Å²) in [7, 11) is 10.1. The van der Waals surface area contributed by atoms with Crippen molar-refractivity contribution in [2.24, 2.45) is 40.9 Å². The first-order valence-electron chi connectivity index (χ1n) is 46.3. The number of nitrogens with one attached hydrogen (secondary N) is 4. The van der Waals surface area contributed by atoms with Crippen molar-refractivity contribution in [1.29, 1.82) is 0 Å². The van der Waals surface area contributed by atoms with Gasteiger partial charge >= 0.3 is 30.0 Å². The molecule has 5 aliphatic heterocycles. The number of ketones is 3. The number of nitrogen functional groups attached to an aromatic ring is 1. The number of nitrogens with two attached hydrogens (primary N) is 4. The molecule has 5 saturated heterocycles. The predicted molar refractivity (Wildman–Crippen MR) is 554 cm³/mol. The second-order valence-corrected chi connectivity index (χ2v) is 36.3. The summed E-state index contributed by atoms with van der Waals surface area (Å²) in [4.78, 5) is 212. The molecule has 816 valence electrons. The fourth-order valence-corrected chi connectivity index (χ4v) is 14.3. The van der Waals surface area contributed by atoms with E-state index in [4.69, 9.17) is 32.8 Å². The van der Waals surface area contributed by atoms with Gasteiger partial charge in [0.1, 0.15) is 11.6 Å². The number of nitrogens with zero attached hydrogens (tertiary/aromatic N) is 12. The number of nitro benzene ring substituents is 3. The summed E-state index contributed by atoms with van der Waals surface area (Å²) < 4.78 is 5.24. The van der Waals surface area contributed by atoms with Crippen molar-refractivity contribution in [3.05, 3.63) is 179 Å². The summed E-state index contributed by atoms with van der Waals surface area (Å²) in [6, 6.07) is 24.9. The van der Waals surface area contributed by atoms with Crippen LogP contribution in [0.4, 0.5) is 38.0 Å². The number of carbonyl (C=O) groups excluding carboxylic acids is 12. The van der Waals surface area contributed by atoms with Gasteiger partial charge in [0.25, 0.3) is 46.5 Å². The van der Waals surface area contributed by atoms with E-state index in [2.05, 4.69) is 52.8 Å². The third-order valence-electron chi connectivity index (χ3n) is 23.2. The maximum atomic E-state index is 13.0. The molecule has 5 aliphatic rings. The lowest BCUT2D eigenvalue weighted by atomic mass is 9.90. The lowest BCUT2D eigenvalue weighted by Crippen LogP contribution is -2.49. The topological polar surface area (TPSA) is 695 Å². The van der Waals surface area contributed by atoms with Crippen LogP contribution in [0.5, 0.6) is 0 Å². The second-order valence-electron chi connectivity index (χ2n) is 36.3. The van der Waals surface area contributed by atoms with E-state index in [0.717, 1.165) is 76.6 Å². The standard InChI is InChI=1S/C25H40N6O5.C17H31N3O6.C13H17N3O4.C13H15N3O4.C13H19N3O2.C8H5NO5.C6H13N.4CH4.H3N/c1-16(2)21(26)20(32)15-18(5-4-10-28-25(27)36)23(34)29-19-8-6-17(7-9-19)22(33)24(35)31-13-11-30(3)12-14-31;1-10(2)11(9-13(21)26-17(3,4)5)14(22)20-12(15(23)24)7-6-8-19-16(18)25;2*1-14-6-8-15(9-7-14)13(18)12(17)10-2-4-11(5-3-10)16(19)20;1-15-6-8-16(9-7-15)13(18)12(17)10-2-4-11(14)5-3-10;10-7(8(11)12)5-1-3-6(4-2-5)9(13)14;1-7-5-3-2-4-6-7;;;;;/h6-9,16,18,21-22,33H,4-5,10-15,26H2,1-3H3,(H,29,34)(H3,27,28,36);10-12H,6-9H2,1-5H3,(H,20,22)(H,23,24)(H3,18,19,25);2-5,12,17H,6-9H2,1H3;2-5H,6-9H2,1H3;2-5,12,17H,6-9,14H2,1H3;1-4H,(H,11,12);2-6H2,1H3;4*1H4;1H3/t18-,21+,22?;11-,12-;;;;;;;;;;/m10........../s1. The molecule has 10 rings (SSSR count). The molecule has 3 unspecified atom stereocenters. The van der Waals surface area contributed by atoms with Gasteiger partial charge in [-0.2, -0.15) is 0 Å². The number of piperazine rings is 4. The molecule has 146 heavy (non-hydrogen) atoms. The minimum Gasteiger partial charge on any atom is -0.480 e. The average Bonchev–Trinajstić information content (AvgIpc) is 0.838. The van der Waals surface area contributed by atoms with Crippen LogP contribution >= 0.6 is 0 Å². The first-order chi connectivity index (χ1) is 66.3. The number of hydrogen-bond donors (Lipinski definition) is 14. The highest BCUT2D eigenvalue weighted by Crippen LogP contribution is 2.27. The molecule has 10 amide bonds. The number of rotatable bonds is 33. The number of urea groups is 2. The summed E-state index contributed by atoms with van der Waals surface area (Å²) in [5.74, 6) is -9.08. The number of primary amides is 2. The Labute approximate surface area is 855 Å². The number of nitro groups is 3. The van der Waals surface area contributed by atoms with Crippen molar-refractivity contribution in [1.82, 2.24) is 66.2 Å². The Hall–Kier alpha value is -13.5. The van der Waals surface area contributed by atoms with Crippen LogP contribution in [0, 0.1) is 54.0 Å². The number of likely N-dealkylation sites (N-methyl/N-ethyl adjacent to an activating group) is 4. The number of carboxylic acids is 2. The largest absolute Gasteiger partial charge is 0.480 e. The van der Waals surface area contributed by atoms with Crippen LogP contribution in [0.1, 0.15) is 192 Å². The number of non-ortho nitro benzene ring substituents is 3. The number of anilines is 2. The number of Topliss-reactive ketones (excluding diaryl/α,β-unsaturated/α-hetero) is 3. The van der Waals surface area contributed by atoms with Crippen LogP contribution < -0.4 is 50.4 Å². The van der Waals surface area contributed by atoms with Crippen LogP contribution in [-0.2, 0) is 52.7 Å². The quantitative estimate of drug-likeness (QED) is 0.00377. The van der Waals surface area contributed by atoms with Gasteiger partial charge in [-0.3, -0.25) is 78.3 Å². The zero-order valence-electron chi connectivity index (χ0n) is 82.9. The van der Waals surface area contributed by atoms with Crippen LogP contribution in [-0.4, -0.2) is 351 Å². The fraction of sp³-hybridized carbons (Fsp3) is 0.556. The molecule has 20 N–H and O–H groups in total. The number of carboxylic acid groups (broad SMARTS) is 2. The van der Waals surface area contributed by atoms with Gasteiger partial charge in [-0.15, -0.1) is 0 Å². The van der Waals surface area contributed by atoms with Crippen molar-refractivity contribution in [3.8, 4) is 0 Å². The van der Waals surface area contributed by atoms with Gasteiger partial charge in [-0.05, 0) is 197 Å². The molecule has 0 spiro atoms. The molecule has 5 aromatic carbocycles. The molecule has 47 nitrogen and oxygen atoms in total. The van der Waals surface area contributed by atoms with E-state index < -0.39 is 116 Å². The monoisotopic (exact) mass is 2060 g/mol. The number of piperidine rings is 1. The van der Waals surface area contributed by atoms with Crippen molar-refractivity contribution >= 4 is 111 Å². The molecule has 47 heteroatoms. The van der Waals surface area contributed by atoms with Crippen LogP contribution in [0.3, 0.4) is 0 Å². The lowest BCUT2D eigenvalue weighted by Gasteiger charge is -2.33. The van der Waals surface area contributed by atoms with E-state index >= 15 is 0 Å². The number of hydrogen-bond acceptors (Lipinski definition) is 32. The number of benzene rings is 5. The number of carbonyl (C=O) groups is 14. The Morgan fingerprint density at radius 3 is 1.08 bits per heavy atom. The molecule has 7 atom stereocenters. The van der Waals surface area contributed by atoms with Gasteiger partial charge in [-0.25, -0.2) is 19.2 Å². The van der Waals surface area contributed by atoms with Crippen molar-refractivity contribution in [3.63, 3.8) is 0 Å². The Morgan fingerprint density at radius 2 is 0.767 bits per heavy atom. The average molecular weight is 2060 g/mol. The number of aliphatic hydroxyl groups is 3. The molecule has 0 bridgehead atoms. The number of amides is 10. The van der Waals surface area contributed by atoms with E-state index in [9.17, 15) is 118 Å². The van der Waals surface area contributed by atoms with E-state index in [1.54, 1.807) is 97.8 Å². The van der Waals surface area contributed by atoms with Crippen molar-refractivity contribution in [2.45, 2.75) is 172 Å². The SMILES string of the molecule is C.C.C.C.CC(C)[C@H](CC(=O)OC(C)(C)C)C(=O)N[C@@H](CCCNC(N)=O)C(=O)O.CC(C)[C@H](N)C(=O)C[C@@H](CCCNC(N)=O)C(=O)Nc1ccc(C(O)C(=O)N2CCN(C)CC2)cc1.CN1CCCCC1.CN1CCN(C(=O)C(=O)c2ccc([N+](=O)[O-])cc2)CC1.CN1CCN(C(=O)C(O)c2ccc(N)cc2)CC1.CN1CCN(C(=O)C(O)c2ccc([N+](=O)[O-])cc2)CC1.N.O=C(O)C(=O)c1ccc([N+](=O)[O-])cc1. The highest BCUT2D eigenvalue weighted by molar-refractivity contribution is 6.42. The Morgan fingerprint density at radius 1 is 0.438 bits per heavy atom. The fourth-order valence-electron chi connectivity index (χ4n) is 14.3. The lowest BCUT2D eigenvalue weighted by molar-refractivity contribution is -0.385. The van der Waals surface area contributed by atoms with E-state index in [-0.39, 0.29) is 138 Å². The Bertz CT molecular complexity index is 4920. The zero-order valence-corrected chi connectivity index (χ0v) is 82.9. The zero-order chi connectivity index (χ0) is 106. The normalized spacial score (nSPS) is 15.6. The van der Waals surface area contributed by atoms with Crippen LogP contribution in [0.15, 0.2) is 121 Å². The number of aliphatic carboxylic acids is 2. The van der Waals surface area contributed by atoms with Gasteiger partial charge in [0.2, 0.25) is 17.6 Å². The highest BCUT2D eigenvalue weighted by atomic mass is 16.6. The maximum Gasteiger partial charge on any atom is 0.377 e. The minimum atomic E-state index is -1.58. The Kier molecular flexibility index (Phi) is 62.6. The summed E-state index contributed by atoms with van der Waals surface area (Å²) in [5.41, 5.74) is 23.2. The molecule has 0 saturated carbocycles. The Balaban J connectivity index is 0. The van der Waals surface area contributed by atoms with E-state index in [1.807, 2.05) is 42.0 Å². The molecule has 5 heterocycles. The van der Waals surface area contributed by atoms with Gasteiger partial charge in [0, 0.05) is 189 Å². The molecule has 5 aromatic rings. The minimum absolute atomic E-state index is 0. The number of likely N-dealkylation sites (tertiary alicyclic amines) is 1. The van der Waals surface area contributed by atoms with E-state index in [0.29, 0.717) is 99.7 Å². The summed E-state index contributed by atoms with van der Waals surface area (Å²) in [6.07, 6.45) is 1.78. The summed E-state index contributed by atoms with van der Waals surface area (Å²) in [6.45, 7) is 26.5. The third kappa shape index (κ3) is 48.9.